The number of halogens is 2. The number of nitrogens with one attached hydrogen (secondary N) is 1. The minimum atomic E-state index is -0.442. The smallest absolute Gasteiger partial charge is 0.317 e. The van der Waals surface area contributed by atoms with Crippen LogP contribution in [0.15, 0.2) is 18.2 Å². The Morgan fingerprint density at radius 3 is 3.00 bits per heavy atom. The van der Waals surface area contributed by atoms with E-state index in [2.05, 4.69) is 5.32 Å². The molecule has 1 fully saturated rings. The first kappa shape index (κ1) is 16.8. The van der Waals surface area contributed by atoms with Crippen LogP contribution < -0.4 is 10.2 Å². The Morgan fingerprint density at radius 1 is 1.64 bits per heavy atom. The van der Waals surface area contributed by atoms with E-state index < -0.39 is 5.82 Å². The molecule has 2 N–H and O–H groups in total. The number of rotatable bonds is 4. The minimum absolute atomic E-state index is 0.000387. The van der Waals surface area contributed by atoms with Gasteiger partial charge in [0.1, 0.15) is 5.82 Å². The highest BCUT2D eigenvalue weighted by Crippen LogP contribution is 2.25. The number of anilines is 1. The Kier molecular flexibility index (Phi) is 5.47. The van der Waals surface area contributed by atoms with E-state index in [1.807, 2.05) is 4.90 Å². The van der Waals surface area contributed by atoms with Crippen molar-refractivity contribution in [1.29, 1.82) is 0 Å². The van der Waals surface area contributed by atoms with E-state index in [1.54, 1.807) is 20.0 Å². The average Bonchev–Trinajstić information content (AvgIpc) is 2.96. The maximum Gasteiger partial charge on any atom is 0.317 e. The topological polar surface area (TPSA) is 55.8 Å². The van der Waals surface area contributed by atoms with Gasteiger partial charge in [-0.05, 0) is 31.5 Å². The molecule has 22 heavy (non-hydrogen) atoms. The zero-order valence-corrected chi connectivity index (χ0v) is 13.5. The Labute approximate surface area is 134 Å². The molecule has 1 saturated heterocycles. The van der Waals surface area contributed by atoms with Crippen LogP contribution in [0.5, 0.6) is 0 Å². The molecule has 2 amide bonds. The van der Waals surface area contributed by atoms with Crippen LogP contribution >= 0.6 is 11.6 Å². The normalized spacial score (nSPS) is 19.1. The van der Waals surface area contributed by atoms with Gasteiger partial charge in [-0.25, -0.2) is 9.18 Å². The minimum Gasteiger partial charge on any atom is -0.394 e. The van der Waals surface area contributed by atoms with Crippen molar-refractivity contribution < 1.29 is 14.3 Å². The summed E-state index contributed by atoms with van der Waals surface area (Å²) < 4.78 is 13.5. The van der Waals surface area contributed by atoms with Gasteiger partial charge in [-0.15, -0.1) is 0 Å². The van der Waals surface area contributed by atoms with Crippen molar-refractivity contribution in [2.24, 2.45) is 0 Å². The van der Waals surface area contributed by atoms with Crippen molar-refractivity contribution in [3.05, 3.63) is 29.0 Å². The molecule has 1 aliphatic rings. The Hall–Kier alpha value is -1.53. The first-order chi connectivity index (χ1) is 10.4. The molecule has 0 aliphatic carbocycles. The van der Waals surface area contributed by atoms with E-state index in [-0.39, 0.29) is 29.7 Å². The molecule has 2 unspecified atom stereocenters. The Morgan fingerprint density at radius 2 is 2.36 bits per heavy atom. The molecule has 0 saturated carbocycles. The van der Waals surface area contributed by atoms with Crippen LogP contribution in [0.2, 0.25) is 5.02 Å². The van der Waals surface area contributed by atoms with Crippen LogP contribution in [0.4, 0.5) is 14.9 Å². The first-order valence-electron chi connectivity index (χ1n) is 7.26. The van der Waals surface area contributed by atoms with Crippen LogP contribution in [-0.4, -0.2) is 54.9 Å². The second-order valence-corrected chi connectivity index (χ2v) is 6.03. The summed E-state index contributed by atoms with van der Waals surface area (Å²) in [5.74, 6) is -0.442. The van der Waals surface area contributed by atoms with Crippen molar-refractivity contribution >= 4 is 23.3 Å². The summed E-state index contributed by atoms with van der Waals surface area (Å²) >= 11 is 5.69. The maximum atomic E-state index is 13.5. The number of likely N-dealkylation sites (N-methyl/N-ethyl adjacent to an activating group) is 1. The molecule has 1 heterocycles. The summed E-state index contributed by atoms with van der Waals surface area (Å²) in [6, 6.07) is 4.27. The van der Waals surface area contributed by atoms with Crippen molar-refractivity contribution in [1.82, 2.24) is 10.2 Å². The largest absolute Gasteiger partial charge is 0.394 e. The molecular formula is C15H21ClFN3O2. The molecular weight excluding hydrogens is 309 g/mol. The van der Waals surface area contributed by atoms with Gasteiger partial charge >= 0.3 is 6.03 Å². The van der Waals surface area contributed by atoms with Crippen LogP contribution in [0, 0.1) is 5.82 Å². The molecule has 2 atom stereocenters. The van der Waals surface area contributed by atoms with E-state index >= 15 is 0 Å². The lowest BCUT2D eigenvalue weighted by atomic mass is 10.2. The van der Waals surface area contributed by atoms with Gasteiger partial charge in [-0.1, -0.05) is 11.6 Å². The van der Waals surface area contributed by atoms with Crippen LogP contribution in [0.25, 0.3) is 0 Å². The number of urea groups is 1. The first-order valence-corrected chi connectivity index (χ1v) is 7.64. The summed E-state index contributed by atoms with van der Waals surface area (Å²) in [6.45, 7) is 3.06. The summed E-state index contributed by atoms with van der Waals surface area (Å²) in [7, 11) is 1.65. The van der Waals surface area contributed by atoms with Crippen molar-refractivity contribution in [2.45, 2.75) is 25.4 Å². The molecule has 5 nitrogen and oxygen atoms in total. The SMILES string of the molecule is CC(CO)N(C)C(=O)NC1CCN(c2ccc(Cl)c(F)c2)C1. The van der Waals surface area contributed by atoms with E-state index in [0.717, 1.165) is 18.7 Å². The van der Waals surface area contributed by atoms with Gasteiger partial charge in [0.25, 0.3) is 0 Å². The van der Waals surface area contributed by atoms with Gasteiger partial charge in [0.2, 0.25) is 0 Å². The average molecular weight is 330 g/mol. The number of amides is 2. The van der Waals surface area contributed by atoms with E-state index in [1.165, 1.54) is 17.0 Å². The monoisotopic (exact) mass is 329 g/mol. The molecule has 122 valence electrons. The number of carbonyl (C=O) groups excluding carboxylic acids is 1. The molecule has 1 aromatic rings. The van der Waals surface area contributed by atoms with Crippen LogP contribution in [-0.2, 0) is 0 Å². The molecule has 1 aliphatic heterocycles. The second kappa shape index (κ2) is 7.15. The molecule has 2 rings (SSSR count). The lowest BCUT2D eigenvalue weighted by Gasteiger charge is -2.25. The van der Waals surface area contributed by atoms with Crippen LogP contribution in [0.3, 0.4) is 0 Å². The zero-order valence-electron chi connectivity index (χ0n) is 12.7. The van der Waals surface area contributed by atoms with Gasteiger partial charge in [-0.3, -0.25) is 0 Å². The number of benzene rings is 1. The number of aliphatic hydroxyl groups is 1. The van der Waals surface area contributed by atoms with E-state index in [4.69, 9.17) is 16.7 Å². The summed E-state index contributed by atoms with van der Waals surface area (Å²) in [4.78, 5) is 15.5. The van der Waals surface area contributed by atoms with Crippen molar-refractivity contribution in [3.8, 4) is 0 Å². The van der Waals surface area contributed by atoms with Gasteiger partial charge in [0, 0.05) is 31.9 Å². The fraction of sp³-hybridized carbons (Fsp3) is 0.533. The van der Waals surface area contributed by atoms with Gasteiger partial charge in [0.15, 0.2) is 0 Å². The zero-order chi connectivity index (χ0) is 16.3. The summed E-state index contributed by atoms with van der Waals surface area (Å²) in [5.41, 5.74) is 0.760. The molecule has 0 aromatic heterocycles. The molecule has 7 heteroatoms. The summed E-state index contributed by atoms with van der Waals surface area (Å²) in [6.07, 6.45) is 0.789. The molecule has 1 aromatic carbocycles. The van der Waals surface area contributed by atoms with Gasteiger partial charge < -0.3 is 20.2 Å². The number of carbonyl (C=O) groups is 1. The van der Waals surface area contributed by atoms with Gasteiger partial charge in [0.05, 0.1) is 17.7 Å². The number of hydrogen-bond donors (Lipinski definition) is 2. The highest BCUT2D eigenvalue weighted by molar-refractivity contribution is 6.30. The predicted octanol–water partition coefficient (Wildman–Crippen LogP) is 2.08. The fourth-order valence-corrected chi connectivity index (χ4v) is 2.51. The van der Waals surface area contributed by atoms with Crippen molar-refractivity contribution in [3.63, 3.8) is 0 Å². The highest BCUT2D eigenvalue weighted by atomic mass is 35.5. The third-order valence-corrected chi connectivity index (χ3v) is 4.34. The molecule has 0 bridgehead atoms. The summed E-state index contributed by atoms with van der Waals surface area (Å²) in [5, 5.41) is 12.1. The van der Waals surface area contributed by atoms with Crippen molar-refractivity contribution in [2.75, 3.05) is 31.6 Å². The number of nitrogens with zero attached hydrogens (tertiary/aromatic N) is 2. The Bertz CT molecular complexity index is 544. The van der Waals surface area contributed by atoms with E-state index in [0.29, 0.717) is 6.54 Å². The maximum absolute atomic E-state index is 13.5. The van der Waals surface area contributed by atoms with Crippen LogP contribution in [0.1, 0.15) is 13.3 Å². The van der Waals surface area contributed by atoms with E-state index in [9.17, 15) is 9.18 Å². The molecule has 0 spiro atoms. The second-order valence-electron chi connectivity index (χ2n) is 5.62. The fourth-order valence-electron chi connectivity index (χ4n) is 2.39. The third kappa shape index (κ3) is 3.81. The molecule has 0 radical (unpaired) electrons. The lowest BCUT2D eigenvalue weighted by molar-refractivity contribution is 0.155. The Balaban J connectivity index is 1.92. The number of aliphatic hydroxyl groups excluding tert-OH is 1. The quantitative estimate of drug-likeness (QED) is 0.889. The predicted molar refractivity (Wildman–Crippen MR) is 84.9 cm³/mol. The number of hydrogen-bond acceptors (Lipinski definition) is 3. The highest BCUT2D eigenvalue weighted by Gasteiger charge is 2.26. The standard InChI is InChI=1S/C15H21ClFN3O2/c1-10(9-21)19(2)15(22)18-11-5-6-20(8-11)12-3-4-13(16)14(17)7-12/h3-4,7,10-11,21H,5-6,8-9H2,1-2H3,(H,18,22). The third-order valence-electron chi connectivity index (χ3n) is 4.03. The lowest BCUT2D eigenvalue weighted by Crippen LogP contribution is -2.48. The van der Waals surface area contributed by atoms with Gasteiger partial charge in [-0.2, -0.15) is 0 Å².